The second-order valence-electron chi connectivity index (χ2n) is 4.96. The van der Waals surface area contributed by atoms with Crippen LogP contribution in [0.2, 0.25) is 0 Å². The highest BCUT2D eigenvalue weighted by molar-refractivity contribution is 4.86. The normalized spacial score (nSPS) is 32.6. The Bertz CT molecular complexity index is 173. The summed E-state index contributed by atoms with van der Waals surface area (Å²) < 4.78 is 0. The summed E-state index contributed by atoms with van der Waals surface area (Å²) in [5.41, 5.74) is 0. The predicted molar refractivity (Wildman–Crippen MR) is 60.5 cm³/mol. The maximum atomic E-state index is 2.59. The molecule has 2 aliphatic rings. The molecule has 82 valence electrons. The van der Waals surface area contributed by atoms with Crippen molar-refractivity contribution < 1.29 is 0 Å². The zero-order valence-electron chi connectivity index (χ0n) is 9.71. The lowest BCUT2D eigenvalue weighted by molar-refractivity contribution is 0.129. The number of rotatable bonds is 2. The summed E-state index contributed by atoms with van der Waals surface area (Å²) in [5.74, 6) is 0.991. The fourth-order valence-corrected chi connectivity index (χ4v) is 3.19. The molecule has 0 amide bonds. The van der Waals surface area contributed by atoms with Crippen molar-refractivity contribution in [2.45, 2.75) is 38.6 Å². The van der Waals surface area contributed by atoms with Gasteiger partial charge in [0.2, 0.25) is 0 Å². The zero-order valence-corrected chi connectivity index (χ0v) is 9.71. The number of hydrogen-bond acceptors (Lipinski definition) is 2. The maximum absolute atomic E-state index is 2.59. The van der Waals surface area contributed by atoms with Crippen LogP contribution < -0.4 is 0 Å². The van der Waals surface area contributed by atoms with E-state index in [4.69, 9.17) is 0 Å². The monoisotopic (exact) mass is 196 g/mol. The van der Waals surface area contributed by atoms with E-state index in [1.54, 1.807) is 0 Å². The summed E-state index contributed by atoms with van der Waals surface area (Å²) in [5, 5.41) is 0. The summed E-state index contributed by atoms with van der Waals surface area (Å²) in [4.78, 5) is 5.18. The summed E-state index contributed by atoms with van der Waals surface area (Å²) in [6.07, 6.45) is 5.74. The van der Waals surface area contributed by atoms with Crippen molar-refractivity contribution in [3.05, 3.63) is 0 Å². The zero-order chi connectivity index (χ0) is 9.97. The molecule has 0 radical (unpaired) electrons. The largest absolute Gasteiger partial charge is 0.304 e. The molecule has 2 fully saturated rings. The first kappa shape index (κ1) is 10.4. The van der Waals surface area contributed by atoms with Crippen molar-refractivity contribution in [1.82, 2.24) is 9.80 Å². The van der Waals surface area contributed by atoms with Gasteiger partial charge in [0.05, 0.1) is 0 Å². The highest BCUT2D eigenvalue weighted by atomic mass is 15.2. The van der Waals surface area contributed by atoms with Crippen LogP contribution in [-0.4, -0.2) is 49.1 Å². The van der Waals surface area contributed by atoms with E-state index in [0.29, 0.717) is 0 Å². The molecule has 0 spiro atoms. The SMILES string of the molecule is CCN1CCC(C2CCCN2C)CC1. The van der Waals surface area contributed by atoms with Crippen molar-refractivity contribution >= 4 is 0 Å². The van der Waals surface area contributed by atoms with Crippen LogP contribution in [0.15, 0.2) is 0 Å². The van der Waals surface area contributed by atoms with E-state index in [-0.39, 0.29) is 0 Å². The standard InChI is InChI=1S/C12H24N2/c1-3-14-9-6-11(7-10-14)12-5-4-8-13(12)2/h11-12H,3-10H2,1-2H3. The fraction of sp³-hybridized carbons (Fsp3) is 1.00. The molecule has 0 saturated carbocycles. The Kier molecular flexibility index (Phi) is 3.45. The quantitative estimate of drug-likeness (QED) is 0.664. The lowest BCUT2D eigenvalue weighted by atomic mass is 9.88. The topological polar surface area (TPSA) is 6.48 Å². The molecule has 0 N–H and O–H groups in total. The van der Waals surface area contributed by atoms with Gasteiger partial charge in [0.1, 0.15) is 0 Å². The molecule has 0 aromatic rings. The molecule has 0 aromatic carbocycles. The molecule has 2 heterocycles. The van der Waals surface area contributed by atoms with Crippen LogP contribution in [0, 0.1) is 5.92 Å². The second-order valence-corrected chi connectivity index (χ2v) is 4.96. The molecule has 2 aliphatic heterocycles. The van der Waals surface area contributed by atoms with E-state index in [1.165, 1.54) is 51.9 Å². The molecule has 14 heavy (non-hydrogen) atoms. The summed E-state index contributed by atoms with van der Waals surface area (Å²) in [6, 6.07) is 0.911. The van der Waals surface area contributed by atoms with Gasteiger partial charge in [-0.05, 0) is 64.8 Å². The Hall–Kier alpha value is -0.0800. The van der Waals surface area contributed by atoms with Crippen molar-refractivity contribution in [3.8, 4) is 0 Å². The Morgan fingerprint density at radius 3 is 2.29 bits per heavy atom. The summed E-state index contributed by atoms with van der Waals surface area (Å²) >= 11 is 0. The lowest BCUT2D eigenvalue weighted by Gasteiger charge is -2.36. The van der Waals surface area contributed by atoms with Gasteiger partial charge >= 0.3 is 0 Å². The van der Waals surface area contributed by atoms with Gasteiger partial charge in [-0.2, -0.15) is 0 Å². The Balaban J connectivity index is 1.82. The first-order valence-electron chi connectivity index (χ1n) is 6.24. The Labute approximate surface area is 88.3 Å². The molecule has 1 atom stereocenters. The van der Waals surface area contributed by atoms with Gasteiger partial charge < -0.3 is 9.80 Å². The molecule has 2 saturated heterocycles. The summed E-state index contributed by atoms with van der Waals surface area (Å²) in [6.45, 7) is 7.53. The van der Waals surface area contributed by atoms with E-state index < -0.39 is 0 Å². The highest BCUT2D eigenvalue weighted by Gasteiger charge is 2.31. The van der Waals surface area contributed by atoms with Crippen LogP contribution in [0.3, 0.4) is 0 Å². The van der Waals surface area contributed by atoms with Gasteiger partial charge in [-0.1, -0.05) is 6.92 Å². The van der Waals surface area contributed by atoms with Gasteiger partial charge in [0, 0.05) is 6.04 Å². The third-order valence-electron chi connectivity index (χ3n) is 4.20. The first-order valence-corrected chi connectivity index (χ1v) is 6.24. The highest BCUT2D eigenvalue weighted by Crippen LogP contribution is 2.29. The Morgan fingerprint density at radius 2 is 1.79 bits per heavy atom. The second kappa shape index (κ2) is 4.63. The van der Waals surface area contributed by atoms with E-state index in [9.17, 15) is 0 Å². The van der Waals surface area contributed by atoms with Crippen LogP contribution in [0.1, 0.15) is 32.6 Å². The van der Waals surface area contributed by atoms with Crippen molar-refractivity contribution in [2.24, 2.45) is 5.92 Å². The van der Waals surface area contributed by atoms with Gasteiger partial charge in [-0.3, -0.25) is 0 Å². The smallest absolute Gasteiger partial charge is 0.0122 e. The van der Waals surface area contributed by atoms with E-state index >= 15 is 0 Å². The van der Waals surface area contributed by atoms with Gasteiger partial charge in [0.15, 0.2) is 0 Å². The van der Waals surface area contributed by atoms with Crippen LogP contribution >= 0.6 is 0 Å². The first-order chi connectivity index (χ1) is 6.81. The molecule has 0 aliphatic carbocycles. The third kappa shape index (κ3) is 2.12. The Morgan fingerprint density at radius 1 is 1.07 bits per heavy atom. The van der Waals surface area contributed by atoms with E-state index in [0.717, 1.165) is 12.0 Å². The fourth-order valence-electron chi connectivity index (χ4n) is 3.19. The average Bonchev–Trinajstić information content (AvgIpc) is 2.65. The molecule has 1 unspecified atom stereocenters. The predicted octanol–water partition coefficient (Wildman–Crippen LogP) is 1.81. The molecule has 2 nitrogen and oxygen atoms in total. The van der Waals surface area contributed by atoms with Crippen molar-refractivity contribution in [2.75, 3.05) is 33.2 Å². The average molecular weight is 196 g/mol. The third-order valence-corrected chi connectivity index (χ3v) is 4.20. The van der Waals surface area contributed by atoms with Crippen LogP contribution in [0.25, 0.3) is 0 Å². The minimum Gasteiger partial charge on any atom is -0.304 e. The van der Waals surface area contributed by atoms with Gasteiger partial charge in [-0.25, -0.2) is 0 Å². The molecule has 0 aromatic heterocycles. The number of piperidine rings is 1. The number of likely N-dealkylation sites (tertiary alicyclic amines) is 2. The minimum atomic E-state index is 0.911. The number of hydrogen-bond donors (Lipinski definition) is 0. The van der Waals surface area contributed by atoms with E-state index in [2.05, 4.69) is 23.8 Å². The molecular weight excluding hydrogens is 172 g/mol. The van der Waals surface area contributed by atoms with E-state index in [1.807, 2.05) is 0 Å². The molecule has 2 rings (SSSR count). The molecule has 0 bridgehead atoms. The lowest BCUT2D eigenvalue weighted by Crippen LogP contribution is -2.41. The van der Waals surface area contributed by atoms with Crippen molar-refractivity contribution in [3.63, 3.8) is 0 Å². The van der Waals surface area contributed by atoms with Crippen molar-refractivity contribution in [1.29, 1.82) is 0 Å². The van der Waals surface area contributed by atoms with Crippen LogP contribution in [0.5, 0.6) is 0 Å². The van der Waals surface area contributed by atoms with Crippen LogP contribution in [0.4, 0.5) is 0 Å². The van der Waals surface area contributed by atoms with Gasteiger partial charge in [-0.15, -0.1) is 0 Å². The summed E-state index contributed by atoms with van der Waals surface area (Å²) in [7, 11) is 2.31. The maximum Gasteiger partial charge on any atom is 0.0122 e. The van der Waals surface area contributed by atoms with Crippen LogP contribution in [-0.2, 0) is 0 Å². The van der Waals surface area contributed by atoms with Gasteiger partial charge in [0.25, 0.3) is 0 Å². The minimum absolute atomic E-state index is 0.911. The molecular formula is C12H24N2. The molecule has 2 heteroatoms. The number of nitrogens with zero attached hydrogens (tertiary/aromatic N) is 2.